The average molecular weight is 266 g/mol. The van der Waals surface area contributed by atoms with Gasteiger partial charge in [-0.25, -0.2) is 4.98 Å². The van der Waals surface area contributed by atoms with Crippen LogP contribution in [0, 0.1) is 0 Å². The molecular weight excluding hydrogens is 263 g/mol. The fraction of sp³-hybridized carbons (Fsp3) is 0. The van der Waals surface area contributed by atoms with Gasteiger partial charge in [0.05, 0.1) is 10.0 Å². The van der Waals surface area contributed by atoms with E-state index in [-0.39, 0.29) is 0 Å². The predicted octanol–water partition coefficient (Wildman–Crippen LogP) is 4.17. The lowest BCUT2D eigenvalue weighted by atomic mass is 10.2. The SMILES string of the molecule is Clc1nc(-c2ccc(Cl)c(Cl)c2)ns1. The van der Waals surface area contributed by atoms with Crippen LogP contribution in [0.1, 0.15) is 0 Å². The van der Waals surface area contributed by atoms with Gasteiger partial charge in [0.2, 0.25) is 4.47 Å². The van der Waals surface area contributed by atoms with Gasteiger partial charge in [-0.05, 0) is 41.3 Å². The Balaban J connectivity index is 2.47. The quantitative estimate of drug-likeness (QED) is 0.773. The van der Waals surface area contributed by atoms with Gasteiger partial charge in [-0.1, -0.05) is 23.2 Å². The molecule has 0 fully saturated rings. The van der Waals surface area contributed by atoms with Crippen LogP contribution in [0.3, 0.4) is 0 Å². The van der Waals surface area contributed by atoms with Crippen LogP contribution in [-0.2, 0) is 0 Å². The monoisotopic (exact) mass is 264 g/mol. The van der Waals surface area contributed by atoms with Crippen molar-refractivity contribution in [2.24, 2.45) is 0 Å². The molecule has 0 atom stereocenters. The van der Waals surface area contributed by atoms with Gasteiger partial charge in [0, 0.05) is 5.56 Å². The predicted molar refractivity (Wildman–Crippen MR) is 60.4 cm³/mol. The van der Waals surface area contributed by atoms with Crippen LogP contribution in [-0.4, -0.2) is 9.36 Å². The molecular formula is C8H3Cl3N2S. The van der Waals surface area contributed by atoms with Crippen molar-refractivity contribution in [1.82, 2.24) is 9.36 Å². The van der Waals surface area contributed by atoms with Crippen molar-refractivity contribution in [1.29, 1.82) is 0 Å². The van der Waals surface area contributed by atoms with Crippen LogP contribution in [0.2, 0.25) is 14.5 Å². The number of halogens is 3. The number of nitrogens with zero attached hydrogens (tertiary/aromatic N) is 2. The fourth-order valence-electron chi connectivity index (χ4n) is 0.957. The molecule has 0 aliphatic carbocycles. The van der Waals surface area contributed by atoms with Crippen molar-refractivity contribution >= 4 is 46.3 Å². The van der Waals surface area contributed by atoms with Crippen LogP contribution < -0.4 is 0 Å². The third kappa shape index (κ3) is 2.01. The van der Waals surface area contributed by atoms with Crippen LogP contribution in [0.4, 0.5) is 0 Å². The smallest absolute Gasteiger partial charge is 0.203 e. The molecule has 6 heteroatoms. The molecule has 0 aliphatic rings. The largest absolute Gasteiger partial charge is 0.203 e. The third-order valence-corrected chi connectivity index (χ3v) is 3.12. The van der Waals surface area contributed by atoms with Crippen molar-refractivity contribution in [2.45, 2.75) is 0 Å². The Kier molecular flexibility index (Phi) is 2.93. The Hall–Kier alpha value is -0.350. The van der Waals surface area contributed by atoms with Gasteiger partial charge in [-0.3, -0.25) is 0 Å². The first-order valence-electron chi connectivity index (χ1n) is 3.61. The lowest BCUT2D eigenvalue weighted by Crippen LogP contribution is -1.80. The summed E-state index contributed by atoms with van der Waals surface area (Å²) >= 11 is 18.4. The van der Waals surface area contributed by atoms with Gasteiger partial charge < -0.3 is 0 Å². The van der Waals surface area contributed by atoms with Gasteiger partial charge in [-0.2, -0.15) is 4.37 Å². The van der Waals surface area contributed by atoms with Crippen molar-refractivity contribution in [3.8, 4) is 11.4 Å². The minimum absolute atomic E-state index is 0.408. The summed E-state index contributed by atoms with van der Waals surface area (Å²) in [6.07, 6.45) is 0. The normalized spacial score (nSPS) is 10.5. The number of rotatable bonds is 1. The maximum absolute atomic E-state index is 5.85. The summed E-state index contributed by atoms with van der Waals surface area (Å²) < 4.78 is 4.46. The van der Waals surface area contributed by atoms with E-state index in [0.717, 1.165) is 17.1 Å². The van der Waals surface area contributed by atoms with E-state index in [2.05, 4.69) is 9.36 Å². The first-order chi connectivity index (χ1) is 6.66. The van der Waals surface area contributed by atoms with Crippen LogP contribution in [0.15, 0.2) is 18.2 Å². The van der Waals surface area contributed by atoms with Crippen LogP contribution in [0.5, 0.6) is 0 Å². The zero-order chi connectivity index (χ0) is 10.1. The highest BCUT2D eigenvalue weighted by atomic mass is 35.5. The van der Waals surface area contributed by atoms with Gasteiger partial charge in [0.1, 0.15) is 0 Å². The second-order valence-electron chi connectivity index (χ2n) is 2.50. The maximum atomic E-state index is 5.85. The summed E-state index contributed by atoms with van der Waals surface area (Å²) in [6.45, 7) is 0. The highest BCUT2D eigenvalue weighted by molar-refractivity contribution is 7.10. The summed E-state index contributed by atoms with van der Waals surface area (Å²) in [5, 5.41) is 0.992. The minimum Gasteiger partial charge on any atom is -0.203 e. The molecule has 1 aromatic heterocycles. The Morgan fingerprint density at radius 2 is 1.86 bits per heavy atom. The van der Waals surface area contributed by atoms with E-state index in [9.17, 15) is 0 Å². The number of hydrogen-bond donors (Lipinski definition) is 0. The highest BCUT2D eigenvalue weighted by Crippen LogP contribution is 2.28. The average Bonchev–Trinajstić information content (AvgIpc) is 2.57. The highest BCUT2D eigenvalue weighted by Gasteiger charge is 2.06. The summed E-state index contributed by atoms with van der Waals surface area (Å²) in [4.78, 5) is 4.02. The van der Waals surface area contributed by atoms with Crippen molar-refractivity contribution in [3.63, 3.8) is 0 Å². The maximum Gasteiger partial charge on any atom is 0.203 e. The van der Waals surface area contributed by atoms with E-state index in [0.29, 0.717) is 20.3 Å². The molecule has 0 N–H and O–H groups in total. The molecule has 2 rings (SSSR count). The molecule has 2 aromatic rings. The molecule has 1 aromatic carbocycles. The van der Waals surface area contributed by atoms with Crippen molar-refractivity contribution in [2.75, 3.05) is 0 Å². The standard InChI is InChI=1S/C8H3Cl3N2S/c9-5-2-1-4(3-6(5)10)7-12-8(11)14-13-7/h1-3H. The topological polar surface area (TPSA) is 25.8 Å². The number of benzene rings is 1. The summed E-state index contributed by atoms with van der Waals surface area (Å²) in [7, 11) is 0. The first kappa shape index (κ1) is 10.2. The fourth-order valence-corrected chi connectivity index (χ4v) is 1.87. The molecule has 14 heavy (non-hydrogen) atoms. The summed E-state index contributed by atoms with van der Waals surface area (Å²) in [5.74, 6) is 0.568. The zero-order valence-corrected chi connectivity index (χ0v) is 9.75. The minimum atomic E-state index is 0.408. The van der Waals surface area contributed by atoms with E-state index >= 15 is 0 Å². The molecule has 0 spiro atoms. The second-order valence-corrected chi connectivity index (χ2v) is 4.65. The zero-order valence-electron chi connectivity index (χ0n) is 6.67. The lowest BCUT2D eigenvalue weighted by molar-refractivity contribution is 1.33. The Labute approximate surface area is 99.6 Å². The molecule has 0 saturated carbocycles. The first-order valence-corrected chi connectivity index (χ1v) is 5.52. The second kappa shape index (κ2) is 4.03. The Morgan fingerprint density at radius 3 is 2.43 bits per heavy atom. The van der Waals surface area contributed by atoms with E-state index in [1.54, 1.807) is 18.2 Å². The molecule has 0 saturated heterocycles. The van der Waals surface area contributed by atoms with E-state index < -0.39 is 0 Å². The Morgan fingerprint density at radius 1 is 1.07 bits per heavy atom. The van der Waals surface area contributed by atoms with Gasteiger partial charge in [-0.15, -0.1) is 0 Å². The van der Waals surface area contributed by atoms with Gasteiger partial charge >= 0.3 is 0 Å². The molecule has 0 unspecified atom stereocenters. The lowest BCUT2D eigenvalue weighted by Gasteiger charge is -1.97. The number of hydrogen-bond acceptors (Lipinski definition) is 3. The molecule has 72 valence electrons. The van der Waals surface area contributed by atoms with E-state index in [1.165, 1.54) is 0 Å². The molecule has 0 aliphatic heterocycles. The summed E-state index contributed by atoms with van der Waals surface area (Å²) in [5.41, 5.74) is 0.808. The molecule has 2 nitrogen and oxygen atoms in total. The molecule has 0 amide bonds. The van der Waals surface area contributed by atoms with Crippen LogP contribution in [0.25, 0.3) is 11.4 Å². The van der Waals surface area contributed by atoms with E-state index in [4.69, 9.17) is 34.8 Å². The van der Waals surface area contributed by atoms with Crippen LogP contribution >= 0.6 is 46.3 Å². The molecule has 1 heterocycles. The van der Waals surface area contributed by atoms with Crippen molar-refractivity contribution in [3.05, 3.63) is 32.7 Å². The Bertz CT molecular complexity index is 469. The molecule has 0 bridgehead atoms. The van der Waals surface area contributed by atoms with Gasteiger partial charge in [0.15, 0.2) is 5.82 Å². The van der Waals surface area contributed by atoms with Crippen molar-refractivity contribution < 1.29 is 0 Å². The summed E-state index contributed by atoms with van der Waals surface area (Å²) in [6, 6.07) is 5.21. The number of aromatic nitrogens is 2. The van der Waals surface area contributed by atoms with Gasteiger partial charge in [0.25, 0.3) is 0 Å². The molecule has 0 radical (unpaired) electrons. The third-order valence-electron chi connectivity index (χ3n) is 1.58. The van der Waals surface area contributed by atoms with E-state index in [1.807, 2.05) is 0 Å².